The standard InChI is InChI=1S/C17H19F2N3O5S2/c1-27-14(23)9-22-15-12(19)7-11(18)8-13(15)28-17(22)20-16(24)10-3-5-21(6-4-10)29(2,25)26/h7-8,10H,3-6,9H2,1-2H3. The van der Waals surface area contributed by atoms with Crippen molar-refractivity contribution in [3.05, 3.63) is 28.6 Å². The van der Waals surface area contributed by atoms with Crippen LogP contribution in [0.25, 0.3) is 10.2 Å². The molecule has 1 aromatic carbocycles. The number of piperidine rings is 1. The molecule has 0 spiro atoms. The Morgan fingerprint density at radius 3 is 2.52 bits per heavy atom. The molecule has 3 rings (SSSR count). The van der Waals surface area contributed by atoms with Gasteiger partial charge < -0.3 is 9.30 Å². The van der Waals surface area contributed by atoms with Crippen molar-refractivity contribution >= 4 is 43.5 Å². The van der Waals surface area contributed by atoms with Gasteiger partial charge in [-0.05, 0) is 18.9 Å². The lowest BCUT2D eigenvalue weighted by molar-refractivity contribution is -0.141. The molecule has 1 aliphatic rings. The third kappa shape index (κ3) is 4.70. The van der Waals surface area contributed by atoms with E-state index in [1.807, 2.05) is 0 Å². The number of carbonyl (C=O) groups excluding carboxylic acids is 2. The molecule has 158 valence electrons. The number of esters is 1. The van der Waals surface area contributed by atoms with E-state index in [4.69, 9.17) is 0 Å². The maximum absolute atomic E-state index is 14.3. The van der Waals surface area contributed by atoms with Gasteiger partial charge >= 0.3 is 5.97 Å². The van der Waals surface area contributed by atoms with Crippen LogP contribution < -0.4 is 4.80 Å². The van der Waals surface area contributed by atoms with Gasteiger partial charge in [-0.1, -0.05) is 11.3 Å². The molecule has 0 atom stereocenters. The summed E-state index contributed by atoms with van der Waals surface area (Å²) in [6, 6.07) is 1.79. The summed E-state index contributed by atoms with van der Waals surface area (Å²) in [5.41, 5.74) is -0.0414. The van der Waals surface area contributed by atoms with Gasteiger partial charge in [0.15, 0.2) is 10.6 Å². The van der Waals surface area contributed by atoms with Gasteiger partial charge in [-0.3, -0.25) is 9.59 Å². The number of nitrogens with zero attached hydrogens (tertiary/aromatic N) is 3. The summed E-state index contributed by atoms with van der Waals surface area (Å²) in [5, 5.41) is 0. The highest BCUT2D eigenvalue weighted by Gasteiger charge is 2.29. The zero-order chi connectivity index (χ0) is 21.3. The van der Waals surface area contributed by atoms with Gasteiger partial charge in [-0.15, -0.1) is 0 Å². The average Bonchev–Trinajstić information content (AvgIpc) is 2.97. The fourth-order valence-corrected chi connectivity index (χ4v) is 5.12. The number of ether oxygens (including phenoxy) is 1. The normalized spacial score (nSPS) is 17.0. The number of hydrogen-bond acceptors (Lipinski definition) is 6. The van der Waals surface area contributed by atoms with Crippen molar-refractivity contribution in [3.8, 4) is 0 Å². The van der Waals surface area contributed by atoms with Crippen LogP contribution in [0.2, 0.25) is 0 Å². The van der Waals surface area contributed by atoms with E-state index in [1.54, 1.807) is 0 Å². The Balaban J connectivity index is 1.97. The van der Waals surface area contributed by atoms with Crippen LogP contribution in [0.1, 0.15) is 12.8 Å². The Morgan fingerprint density at radius 1 is 1.28 bits per heavy atom. The van der Waals surface area contributed by atoms with Crippen LogP contribution in [0.4, 0.5) is 8.78 Å². The maximum Gasteiger partial charge on any atom is 0.325 e. The molecular weight excluding hydrogens is 428 g/mol. The van der Waals surface area contributed by atoms with Gasteiger partial charge in [0.1, 0.15) is 12.4 Å². The lowest BCUT2D eigenvalue weighted by Crippen LogP contribution is -2.39. The van der Waals surface area contributed by atoms with E-state index in [-0.39, 0.29) is 28.1 Å². The second kappa shape index (κ2) is 8.28. The highest BCUT2D eigenvalue weighted by atomic mass is 32.2. The van der Waals surface area contributed by atoms with Gasteiger partial charge in [0.2, 0.25) is 10.0 Å². The van der Waals surface area contributed by atoms with Crippen molar-refractivity contribution in [2.24, 2.45) is 10.9 Å². The Hall–Kier alpha value is -2.18. The summed E-state index contributed by atoms with van der Waals surface area (Å²) < 4.78 is 58.4. The molecule has 2 aromatic rings. The van der Waals surface area contributed by atoms with Crippen LogP contribution in [-0.2, 0) is 30.9 Å². The zero-order valence-electron chi connectivity index (χ0n) is 15.7. The predicted octanol–water partition coefficient (Wildman–Crippen LogP) is 1.25. The topological polar surface area (TPSA) is 98.0 Å². The lowest BCUT2D eigenvalue weighted by atomic mass is 9.98. The molecule has 0 unspecified atom stereocenters. The average molecular weight is 447 g/mol. The first-order valence-electron chi connectivity index (χ1n) is 8.69. The highest BCUT2D eigenvalue weighted by Crippen LogP contribution is 2.24. The van der Waals surface area contributed by atoms with Gasteiger partial charge in [0, 0.05) is 25.1 Å². The molecule has 2 heterocycles. The van der Waals surface area contributed by atoms with E-state index in [9.17, 15) is 26.8 Å². The molecule has 1 aromatic heterocycles. The first-order valence-corrected chi connectivity index (χ1v) is 11.4. The van der Waals surface area contributed by atoms with E-state index >= 15 is 0 Å². The van der Waals surface area contributed by atoms with Gasteiger partial charge in [0.25, 0.3) is 5.91 Å². The Labute approximate surface area is 169 Å². The quantitative estimate of drug-likeness (QED) is 0.657. The Kier molecular flexibility index (Phi) is 6.15. The molecule has 1 fully saturated rings. The molecule has 0 radical (unpaired) electrons. The molecule has 0 bridgehead atoms. The summed E-state index contributed by atoms with van der Waals surface area (Å²) in [7, 11) is -2.15. The third-order valence-corrected chi connectivity index (χ3v) is 7.02. The fourth-order valence-electron chi connectivity index (χ4n) is 3.17. The number of halogens is 2. The highest BCUT2D eigenvalue weighted by molar-refractivity contribution is 7.88. The number of rotatable bonds is 4. The summed E-state index contributed by atoms with van der Waals surface area (Å²) in [5.74, 6) is -3.33. The lowest BCUT2D eigenvalue weighted by Gasteiger charge is -2.28. The maximum atomic E-state index is 14.3. The third-order valence-electron chi connectivity index (χ3n) is 4.69. The minimum absolute atomic E-state index is 0.0414. The largest absolute Gasteiger partial charge is 0.468 e. The molecule has 29 heavy (non-hydrogen) atoms. The van der Waals surface area contributed by atoms with Gasteiger partial charge in [-0.2, -0.15) is 4.99 Å². The van der Waals surface area contributed by atoms with Crippen LogP contribution in [-0.4, -0.2) is 55.6 Å². The number of carbonyl (C=O) groups is 2. The van der Waals surface area contributed by atoms with Gasteiger partial charge in [-0.25, -0.2) is 21.5 Å². The number of thiazole rings is 1. The number of amides is 1. The van der Waals surface area contributed by atoms with Crippen LogP contribution >= 0.6 is 11.3 Å². The van der Waals surface area contributed by atoms with Crippen molar-refractivity contribution in [3.63, 3.8) is 0 Å². The summed E-state index contributed by atoms with van der Waals surface area (Å²) in [6.07, 6.45) is 1.72. The molecule has 12 heteroatoms. The van der Waals surface area contributed by atoms with E-state index in [0.29, 0.717) is 18.9 Å². The molecule has 0 N–H and O–H groups in total. The van der Waals surface area contributed by atoms with Crippen LogP contribution in [0, 0.1) is 17.6 Å². The zero-order valence-corrected chi connectivity index (χ0v) is 17.4. The van der Waals surface area contributed by atoms with Crippen molar-refractivity contribution in [2.45, 2.75) is 19.4 Å². The molecule has 1 aliphatic heterocycles. The van der Waals surface area contributed by atoms with Crippen molar-refractivity contribution in [1.29, 1.82) is 0 Å². The van der Waals surface area contributed by atoms with E-state index in [0.717, 1.165) is 23.7 Å². The molecular formula is C17H19F2N3O5S2. The van der Waals surface area contributed by atoms with E-state index < -0.39 is 46.0 Å². The van der Waals surface area contributed by atoms with Gasteiger partial charge in [0.05, 0.1) is 23.6 Å². The number of aromatic nitrogens is 1. The molecule has 0 aliphatic carbocycles. The van der Waals surface area contributed by atoms with E-state index in [1.165, 1.54) is 16.0 Å². The number of hydrogen-bond donors (Lipinski definition) is 0. The molecule has 8 nitrogen and oxygen atoms in total. The smallest absolute Gasteiger partial charge is 0.325 e. The van der Waals surface area contributed by atoms with Crippen molar-refractivity contribution in [1.82, 2.24) is 8.87 Å². The molecule has 0 saturated carbocycles. The summed E-state index contributed by atoms with van der Waals surface area (Å²) in [6.45, 7) is 0.0238. The number of benzene rings is 1. The molecule has 1 saturated heterocycles. The first kappa shape index (κ1) is 21.5. The van der Waals surface area contributed by atoms with Crippen LogP contribution in [0.15, 0.2) is 17.1 Å². The molecule has 1 amide bonds. The number of methoxy groups -OCH3 is 1. The fraction of sp³-hybridized carbons (Fsp3) is 0.471. The predicted molar refractivity (Wildman–Crippen MR) is 101 cm³/mol. The Morgan fingerprint density at radius 2 is 1.93 bits per heavy atom. The van der Waals surface area contributed by atoms with Crippen molar-refractivity contribution in [2.75, 3.05) is 26.5 Å². The first-order chi connectivity index (χ1) is 13.6. The summed E-state index contributed by atoms with van der Waals surface area (Å²) in [4.78, 5) is 28.5. The monoisotopic (exact) mass is 447 g/mol. The number of sulfonamides is 1. The van der Waals surface area contributed by atoms with Crippen LogP contribution in [0.3, 0.4) is 0 Å². The minimum atomic E-state index is -3.32. The van der Waals surface area contributed by atoms with E-state index in [2.05, 4.69) is 9.73 Å². The van der Waals surface area contributed by atoms with Crippen LogP contribution in [0.5, 0.6) is 0 Å². The minimum Gasteiger partial charge on any atom is -0.468 e. The van der Waals surface area contributed by atoms with Crippen molar-refractivity contribution < 1.29 is 31.5 Å². The second-order valence-corrected chi connectivity index (χ2v) is 9.66. The number of fused-ring (bicyclic) bond motifs is 1. The Bertz CT molecular complexity index is 1130. The second-order valence-electron chi connectivity index (χ2n) is 6.67. The summed E-state index contributed by atoms with van der Waals surface area (Å²) >= 11 is 0.883. The SMILES string of the molecule is COC(=O)Cn1c(=NC(=O)C2CCN(S(C)(=O)=O)CC2)sc2cc(F)cc(F)c21.